The zero-order chi connectivity index (χ0) is 20.2. The number of ether oxygens (including phenoxy) is 1. The van der Waals surface area contributed by atoms with Gasteiger partial charge in [0.15, 0.2) is 5.82 Å². The minimum atomic E-state index is -3.36. The first kappa shape index (κ1) is 23.0. The fraction of sp³-hybridized carbons (Fsp3) is 0.941. The van der Waals surface area contributed by atoms with E-state index in [1.54, 1.807) is 7.05 Å². The molecule has 0 bridgehead atoms. The Hall–Kier alpha value is -1.06. The van der Waals surface area contributed by atoms with Crippen LogP contribution in [0, 0.1) is 5.41 Å². The normalized spacial score (nSPS) is 18.7. The number of nitrogens with one attached hydrogen (secondary N) is 1. The highest BCUT2D eigenvalue weighted by molar-refractivity contribution is 7.88. The molecule has 1 N–H and O–H groups in total. The third kappa shape index (κ3) is 5.47. The van der Waals surface area contributed by atoms with Gasteiger partial charge >= 0.3 is 0 Å². The molecule has 0 aliphatic heterocycles. The molecule has 3 atom stereocenters. The molecule has 0 saturated carbocycles. The molecule has 0 saturated heterocycles. The lowest BCUT2D eigenvalue weighted by molar-refractivity contribution is -0.00528. The highest BCUT2D eigenvalue weighted by Gasteiger charge is 2.45. The highest BCUT2D eigenvalue weighted by atomic mass is 32.2. The minimum Gasteiger partial charge on any atom is -0.377 e. The zero-order valence-corrected chi connectivity index (χ0v) is 18.2. The second-order valence-corrected chi connectivity index (χ2v) is 10.1. The number of aromatic nitrogens is 4. The van der Waals surface area contributed by atoms with E-state index in [1.807, 2.05) is 13.8 Å². The van der Waals surface area contributed by atoms with Crippen LogP contribution in [-0.2, 0) is 20.2 Å². The van der Waals surface area contributed by atoms with Crippen molar-refractivity contribution in [2.75, 3.05) is 19.9 Å². The summed E-state index contributed by atoms with van der Waals surface area (Å²) in [6.07, 6.45) is 3.61. The van der Waals surface area contributed by atoms with Crippen molar-refractivity contribution in [2.24, 2.45) is 5.41 Å². The number of likely N-dealkylation sites (N-methyl/N-ethyl adjacent to an activating group) is 1. The van der Waals surface area contributed by atoms with E-state index in [2.05, 4.69) is 48.3 Å². The Morgan fingerprint density at radius 1 is 1.23 bits per heavy atom. The van der Waals surface area contributed by atoms with Crippen molar-refractivity contribution in [3.63, 3.8) is 0 Å². The summed E-state index contributed by atoms with van der Waals surface area (Å²) >= 11 is 0. The van der Waals surface area contributed by atoms with Crippen LogP contribution in [0.1, 0.15) is 66.6 Å². The van der Waals surface area contributed by atoms with E-state index >= 15 is 0 Å². The lowest BCUT2D eigenvalue weighted by Crippen LogP contribution is -2.52. The van der Waals surface area contributed by atoms with E-state index in [0.29, 0.717) is 12.4 Å². The van der Waals surface area contributed by atoms with Gasteiger partial charge in [0.2, 0.25) is 10.0 Å². The molecule has 1 aromatic rings. The SMILES string of the molecule is CCC(C)(CC(C)(CC)C(COC(C)C)N(C)S(C)(=O)=O)c1nn[nH]n1. The van der Waals surface area contributed by atoms with Crippen molar-refractivity contribution in [1.82, 2.24) is 24.9 Å². The van der Waals surface area contributed by atoms with Crippen molar-refractivity contribution in [3.8, 4) is 0 Å². The van der Waals surface area contributed by atoms with Gasteiger partial charge in [0.1, 0.15) is 0 Å². The van der Waals surface area contributed by atoms with E-state index in [4.69, 9.17) is 4.74 Å². The van der Waals surface area contributed by atoms with Gasteiger partial charge in [-0.05, 0) is 38.5 Å². The standard InChI is InChI=1S/C17H35N5O3S/c1-9-16(5,12-17(6,10-2)15-18-20-21-19-15)14(11-25-13(3)4)22(7)26(8,23)24/h13-14H,9-12H2,1-8H3,(H,18,19,20,21). The monoisotopic (exact) mass is 389 g/mol. The molecule has 0 aliphatic carbocycles. The molecule has 3 unspecified atom stereocenters. The summed E-state index contributed by atoms with van der Waals surface area (Å²) in [5.74, 6) is 0.658. The summed E-state index contributed by atoms with van der Waals surface area (Å²) in [6.45, 7) is 12.7. The van der Waals surface area contributed by atoms with Crippen LogP contribution in [-0.4, -0.2) is 65.4 Å². The predicted octanol–water partition coefficient (Wildman–Crippen LogP) is 2.36. The first-order chi connectivity index (χ1) is 11.9. The first-order valence-corrected chi connectivity index (χ1v) is 11.0. The smallest absolute Gasteiger partial charge is 0.211 e. The van der Waals surface area contributed by atoms with Gasteiger partial charge in [-0.25, -0.2) is 8.42 Å². The molecule has 9 heteroatoms. The van der Waals surface area contributed by atoms with E-state index in [-0.39, 0.29) is 23.0 Å². The van der Waals surface area contributed by atoms with Crippen LogP contribution in [0.4, 0.5) is 0 Å². The Balaban J connectivity index is 3.27. The average Bonchev–Trinajstić information content (AvgIpc) is 3.08. The fourth-order valence-electron chi connectivity index (χ4n) is 3.41. The lowest BCUT2D eigenvalue weighted by atomic mass is 9.66. The number of tetrazole rings is 1. The lowest BCUT2D eigenvalue weighted by Gasteiger charge is -2.45. The number of hydrogen-bond acceptors (Lipinski definition) is 6. The zero-order valence-electron chi connectivity index (χ0n) is 17.4. The quantitative estimate of drug-likeness (QED) is 0.623. The van der Waals surface area contributed by atoms with E-state index < -0.39 is 10.0 Å². The van der Waals surface area contributed by atoms with Crippen LogP contribution in [0.15, 0.2) is 0 Å². The largest absolute Gasteiger partial charge is 0.377 e. The number of hydrogen-bond donors (Lipinski definition) is 1. The van der Waals surface area contributed by atoms with Gasteiger partial charge in [0, 0.05) is 12.5 Å². The Morgan fingerprint density at radius 2 is 1.85 bits per heavy atom. The number of aromatic amines is 1. The van der Waals surface area contributed by atoms with Gasteiger partial charge in [-0.15, -0.1) is 10.2 Å². The summed E-state index contributed by atoms with van der Waals surface area (Å²) in [6, 6.07) is -0.289. The van der Waals surface area contributed by atoms with Crippen LogP contribution in [0.2, 0.25) is 0 Å². The van der Waals surface area contributed by atoms with Crippen LogP contribution < -0.4 is 0 Å². The maximum absolute atomic E-state index is 12.3. The molecular formula is C17H35N5O3S. The van der Waals surface area contributed by atoms with Gasteiger partial charge in [-0.2, -0.15) is 9.52 Å². The van der Waals surface area contributed by atoms with Gasteiger partial charge in [-0.1, -0.05) is 32.9 Å². The van der Waals surface area contributed by atoms with Crippen LogP contribution >= 0.6 is 0 Å². The Morgan fingerprint density at radius 3 is 2.23 bits per heavy atom. The molecule has 26 heavy (non-hydrogen) atoms. The van der Waals surface area contributed by atoms with Gasteiger partial charge < -0.3 is 4.74 Å². The van der Waals surface area contributed by atoms with Gasteiger partial charge in [-0.3, -0.25) is 0 Å². The van der Waals surface area contributed by atoms with Crippen LogP contribution in [0.25, 0.3) is 0 Å². The molecule has 0 amide bonds. The summed E-state index contributed by atoms with van der Waals surface area (Å²) in [5.41, 5.74) is -0.635. The molecule has 8 nitrogen and oxygen atoms in total. The van der Waals surface area contributed by atoms with Crippen molar-refractivity contribution in [3.05, 3.63) is 5.82 Å². The molecule has 0 radical (unpaired) electrons. The molecule has 152 valence electrons. The number of rotatable bonds is 11. The second-order valence-electron chi connectivity index (χ2n) is 8.01. The molecular weight excluding hydrogens is 354 g/mol. The Labute approximate surface area is 158 Å². The maximum Gasteiger partial charge on any atom is 0.211 e. The van der Waals surface area contributed by atoms with Crippen LogP contribution in [0.3, 0.4) is 0 Å². The topological polar surface area (TPSA) is 101 Å². The number of sulfonamides is 1. The second kappa shape index (κ2) is 8.75. The van der Waals surface area contributed by atoms with Gasteiger partial charge in [0.05, 0.1) is 25.0 Å². The van der Waals surface area contributed by atoms with E-state index in [0.717, 1.165) is 19.3 Å². The summed E-state index contributed by atoms with van der Waals surface area (Å²) in [7, 11) is -1.72. The number of nitrogens with zero attached hydrogens (tertiary/aromatic N) is 4. The predicted molar refractivity (Wildman–Crippen MR) is 102 cm³/mol. The highest BCUT2D eigenvalue weighted by Crippen LogP contribution is 2.43. The molecule has 1 rings (SSSR count). The number of H-pyrrole nitrogens is 1. The molecule has 0 fully saturated rings. The molecule has 0 aliphatic rings. The van der Waals surface area contributed by atoms with Crippen molar-refractivity contribution in [2.45, 2.75) is 78.4 Å². The summed E-state index contributed by atoms with van der Waals surface area (Å²) < 4.78 is 31.8. The van der Waals surface area contributed by atoms with Gasteiger partial charge in [0.25, 0.3) is 0 Å². The van der Waals surface area contributed by atoms with Crippen molar-refractivity contribution >= 4 is 10.0 Å². The average molecular weight is 390 g/mol. The Kier molecular flexibility index (Phi) is 7.74. The molecule has 1 heterocycles. The maximum atomic E-state index is 12.3. The van der Waals surface area contributed by atoms with Crippen molar-refractivity contribution in [1.29, 1.82) is 0 Å². The van der Waals surface area contributed by atoms with E-state index in [1.165, 1.54) is 10.6 Å². The first-order valence-electron chi connectivity index (χ1n) is 9.18. The third-order valence-electron chi connectivity index (χ3n) is 5.62. The minimum absolute atomic E-state index is 0.0290. The van der Waals surface area contributed by atoms with E-state index in [9.17, 15) is 8.42 Å². The van der Waals surface area contributed by atoms with Crippen molar-refractivity contribution < 1.29 is 13.2 Å². The molecule has 0 spiro atoms. The fourth-order valence-corrected chi connectivity index (χ4v) is 4.19. The molecule has 0 aromatic carbocycles. The molecule has 1 aromatic heterocycles. The third-order valence-corrected chi connectivity index (χ3v) is 6.92. The van der Waals surface area contributed by atoms with Crippen LogP contribution in [0.5, 0.6) is 0 Å². The Bertz CT molecular complexity index is 649. The summed E-state index contributed by atoms with van der Waals surface area (Å²) in [5, 5.41) is 14.6. The summed E-state index contributed by atoms with van der Waals surface area (Å²) in [4.78, 5) is 0.